The predicted octanol–water partition coefficient (Wildman–Crippen LogP) is 0.294. The molecule has 1 heterocycles. The number of hydrogen-bond donors (Lipinski definition) is 2. The highest BCUT2D eigenvalue weighted by Gasteiger charge is 1.99. The third kappa shape index (κ3) is 6.31. The van der Waals surface area contributed by atoms with Gasteiger partial charge in [-0.3, -0.25) is 0 Å². The van der Waals surface area contributed by atoms with Crippen molar-refractivity contribution in [2.45, 2.75) is 6.42 Å². The summed E-state index contributed by atoms with van der Waals surface area (Å²) in [6, 6.07) is 0. The van der Waals surface area contributed by atoms with Gasteiger partial charge in [0.2, 0.25) is 5.95 Å². The Bertz CT molecular complexity index is 333. The second-order valence-electron chi connectivity index (χ2n) is 4.17. The van der Waals surface area contributed by atoms with Crippen LogP contribution in [0.5, 0.6) is 0 Å². The van der Waals surface area contributed by atoms with Gasteiger partial charge in [0, 0.05) is 33.4 Å². The highest BCUT2D eigenvalue weighted by Crippen LogP contribution is 2.02. The zero-order chi connectivity index (χ0) is 13.2. The van der Waals surface area contributed by atoms with Gasteiger partial charge in [-0.25, -0.2) is 0 Å². The summed E-state index contributed by atoms with van der Waals surface area (Å²) >= 11 is 0. The lowest BCUT2D eigenvalue weighted by molar-refractivity contribution is 0.197. The Labute approximate surface area is 108 Å². The zero-order valence-electron chi connectivity index (χ0n) is 11.3. The Balaban J connectivity index is 2.32. The SMILES string of the molecule is COCCCNc1nncc(NCCN(C)C)n1. The molecule has 0 aliphatic rings. The molecule has 0 saturated carbocycles. The van der Waals surface area contributed by atoms with E-state index in [1.54, 1.807) is 13.3 Å². The van der Waals surface area contributed by atoms with E-state index < -0.39 is 0 Å². The van der Waals surface area contributed by atoms with Gasteiger partial charge in [-0.05, 0) is 20.5 Å². The molecule has 0 fully saturated rings. The fraction of sp³-hybridized carbons (Fsp3) is 0.727. The first kappa shape index (κ1) is 14.6. The van der Waals surface area contributed by atoms with Crippen LogP contribution in [0.2, 0.25) is 0 Å². The maximum atomic E-state index is 4.97. The molecule has 0 atom stereocenters. The Morgan fingerprint density at radius 1 is 1.28 bits per heavy atom. The molecule has 1 aromatic heterocycles. The van der Waals surface area contributed by atoms with Gasteiger partial charge >= 0.3 is 0 Å². The van der Waals surface area contributed by atoms with E-state index in [1.165, 1.54) is 0 Å². The summed E-state index contributed by atoms with van der Waals surface area (Å²) in [5, 5.41) is 14.1. The van der Waals surface area contributed by atoms with Gasteiger partial charge in [-0.2, -0.15) is 10.1 Å². The zero-order valence-corrected chi connectivity index (χ0v) is 11.3. The largest absolute Gasteiger partial charge is 0.385 e. The van der Waals surface area contributed by atoms with Crippen molar-refractivity contribution in [3.8, 4) is 0 Å². The lowest BCUT2D eigenvalue weighted by Gasteiger charge is -2.11. The Morgan fingerprint density at radius 2 is 2.11 bits per heavy atom. The van der Waals surface area contributed by atoms with Gasteiger partial charge in [0.05, 0.1) is 6.20 Å². The number of ether oxygens (including phenoxy) is 1. The van der Waals surface area contributed by atoms with Gasteiger partial charge in [0.25, 0.3) is 0 Å². The van der Waals surface area contributed by atoms with Crippen molar-refractivity contribution in [1.29, 1.82) is 0 Å². The molecular weight excluding hydrogens is 232 g/mol. The molecule has 1 rings (SSSR count). The molecule has 0 spiro atoms. The van der Waals surface area contributed by atoms with Crippen molar-refractivity contribution in [2.24, 2.45) is 0 Å². The van der Waals surface area contributed by atoms with Crippen LogP contribution in [0.25, 0.3) is 0 Å². The molecule has 0 bridgehead atoms. The number of likely N-dealkylation sites (N-methyl/N-ethyl adjacent to an activating group) is 1. The van der Waals surface area contributed by atoms with Crippen molar-refractivity contribution in [3.63, 3.8) is 0 Å². The van der Waals surface area contributed by atoms with Crippen LogP contribution < -0.4 is 10.6 Å². The summed E-state index contributed by atoms with van der Waals surface area (Å²) in [6.45, 7) is 3.27. The number of nitrogens with zero attached hydrogens (tertiary/aromatic N) is 4. The van der Waals surface area contributed by atoms with Crippen molar-refractivity contribution < 1.29 is 4.74 Å². The molecule has 18 heavy (non-hydrogen) atoms. The minimum atomic E-state index is 0.543. The first-order chi connectivity index (χ1) is 8.72. The normalized spacial score (nSPS) is 10.7. The minimum Gasteiger partial charge on any atom is -0.385 e. The summed E-state index contributed by atoms with van der Waals surface area (Å²) in [4.78, 5) is 6.41. The first-order valence-electron chi connectivity index (χ1n) is 6.03. The second-order valence-corrected chi connectivity index (χ2v) is 4.17. The number of anilines is 2. The molecule has 0 unspecified atom stereocenters. The summed E-state index contributed by atoms with van der Waals surface area (Å²) in [5.41, 5.74) is 0. The van der Waals surface area contributed by atoms with Gasteiger partial charge in [0.1, 0.15) is 0 Å². The van der Waals surface area contributed by atoms with Crippen molar-refractivity contribution in [1.82, 2.24) is 20.1 Å². The Hall–Kier alpha value is -1.47. The fourth-order valence-electron chi connectivity index (χ4n) is 1.29. The average Bonchev–Trinajstić information content (AvgIpc) is 2.35. The molecule has 0 aliphatic heterocycles. The van der Waals surface area contributed by atoms with E-state index in [2.05, 4.69) is 30.7 Å². The molecule has 0 aromatic carbocycles. The van der Waals surface area contributed by atoms with E-state index in [9.17, 15) is 0 Å². The minimum absolute atomic E-state index is 0.543. The van der Waals surface area contributed by atoms with Gasteiger partial charge in [0.15, 0.2) is 5.82 Å². The molecular formula is C11H22N6O. The molecule has 7 nitrogen and oxygen atoms in total. The monoisotopic (exact) mass is 254 g/mol. The van der Waals surface area contributed by atoms with E-state index in [-0.39, 0.29) is 0 Å². The van der Waals surface area contributed by atoms with Crippen LogP contribution in [0.3, 0.4) is 0 Å². The Morgan fingerprint density at radius 3 is 2.83 bits per heavy atom. The first-order valence-corrected chi connectivity index (χ1v) is 6.03. The van der Waals surface area contributed by atoms with E-state index in [0.29, 0.717) is 5.95 Å². The van der Waals surface area contributed by atoms with Gasteiger partial charge in [-0.15, -0.1) is 5.10 Å². The molecule has 0 saturated heterocycles. The summed E-state index contributed by atoms with van der Waals surface area (Å²) < 4.78 is 4.97. The Kier molecular flexibility index (Phi) is 6.97. The van der Waals surface area contributed by atoms with Crippen LogP contribution in [-0.4, -0.2) is 67.5 Å². The van der Waals surface area contributed by atoms with Gasteiger partial charge < -0.3 is 20.3 Å². The van der Waals surface area contributed by atoms with Crippen LogP contribution in [0.1, 0.15) is 6.42 Å². The van der Waals surface area contributed by atoms with Crippen LogP contribution in [-0.2, 0) is 4.74 Å². The summed E-state index contributed by atoms with van der Waals surface area (Å²) in [6.07, 6.45) is 2.54. The maximum absolute atomic E-state index is 4.97. The molecule has 0 radical (unpaired) electrons. The number of nitrogens with one attached hydrogen (secondary N) is 2. The molecule has 0 aliphatic carbocycles. The molecule has 2 N–H and O–H groups in total. The average molecular weight is 254 g/mol. The van der Waals surface area contributed by atoms with Crippen LogP contribution in [0.15, 0.2) is 6.20 Å². The molecule has 7 heteroatoms. The third-order valence-electron chi connectivity index (χ3n) is 2.23. The standard InChI is InChI=1S/C11H22N6O/c1-17(2)7-6-12-10-9-14-16-11(15-10)13-5-4-8-18-3/h9H,4-8H2,1-3H3,(H2,12,13,15,16). The van der Waals surface area contributed by atoms with Crippen molar-refractivity contribution in [3.05, 3.63) is 6.20 Å². The number of hydrogen-bond acceptors (Lipinski definition) is 7. The van der Waals surface area contributed by atoms with Crippen molar-refractivity contribution >= 4 is 11.8 Å². The lowest BCUT2D eigenvalue weighted by atomic mass is 10.4. The second kappa shape index (κ2) is 8.60. The fourth-order valence-corrected chi connectivity index (χ4v) is 1.29. The van der Waals surface area contributed by atoms with E-state index in [0.717, 1.165) is 38.5 Å². The molecule has 1 aromatic rings. The molecule has 102 valence electrons. The van der Waals surface area contributed by atoms with Crippen LogP contribution in [0, 0.1) is 0 Å². The number of aromatic nitrogens is 3. The topological polar surface area (TPSA) is 75.2 Å². The number of methoxy groups -OCH3 is 1. The predicted molar refractivity (Wildman–Crippen MR) is 71.9 cm³/mol. The smallest absolute Gasteiger partial charge is 0.244 e. The van der Waals surface area contributed by atoms with Crippen LogP contribution >= 0.6 is 0 Å². The quantitative estimate of drug-likeness (QED) is 0.614. The van der Waals surface area contributed by atoms with E-state index in [4.69, 9.17) is 4.74 Å². The number of rotatable bonds is 9. The third-order valence-corrected chi connectivity index (χ3v) is 2.23. The maximum Gasteiger partial charge on any atom is 0.244 e. The highest BCUT2D eigenvalue weighted by atomic mass is 16.5. The van der Waals surface area contributed by atoms with Crippen LogP contribution in [0.4, 0.5) is 11.8 Å². The van der Waals surface area contributed by atoms with Gasteiger partial charge in [-0.1, -0.05) is 0 Å². The van der Waals surface area contributed by atoms with Crippen molar-refractivity contribution in [2.75, 3.05) is 58.1 Å². The molecule has 0 amide bonds. The van der Waals surface area contributed by atoms with E-state index in [1.807, 2.05) is 14.1 Å². The lowest BCUT2D eigenvalue weighted by Crippen LogP contribution is -2.21. The summed E-state index contributed by atoms with van der Waals surface area (Å²) in [7, 11) is 5.75. The van der Waals surface area contributed by atoms with E-state index >= 15 is 0 Å². The summed E-state index contributed by atoms with van der Waals surface area (Å²) in [5.74, 6) is 1.28. The highest BCUT2D eigenvalue weighted by molar-refractivity contribution is 5.36.